The van der Waals surface area contributed by atoms with Crippen LogP contribution in [0.1, 0.15) is 73.2 Å². The van der Waals surface area contributed by atoms with Gasteiger partial charge >= 0.3 is 0 Å². The van der Waals surface area contributed by atoms with E-state index in [9.17, 15) is 4.79 Å². The van der Waals surface area contributed by atoms with Crippen LogP contribution in [0.3, 0.4) is 0 Å². The summed E-state index contributed by atoms with van der Waals surface area (Å²) in [5.41, 5.74) is 3.08. The van der Waals surface area contributed by atoms with Crippen molar-refractivity contribution in [3.05, 3.63) is 22.7 Å². The molecular formula is C22H29N3OS. The fourth-order valence-corrected chi connectivity index (χ4v) is 6.38. The zero-order valence-electron chi connectivity index (χ0n) is 16.2. The SMILES string of the molecule is C[C@H]1CCCCN1[C@H]1C[C@H](c2nc3c(N4CCCC4)cc(C=O)cc3s2)C1. The number of benzene rings is 1. The molecule has 0 unspecified atom stereocenters. The Bertz CT molecular complexity index is 835. The molecule has 1 atom stereocenters. The first kappa shape index (κ1) is 17.6. The zero-order chi connectivity index (χ0) is 18.4. The van der Waals surface area contributed by atoms with Crippen molar-refractivity contribution in [2.75, 3.05) is 24.5 Å². The van der Waals surface area contributed by atoms with Gasteiger partial charge in [0.05, 0.1) is 15.4 Å². The van der Waals surface area contributed by atoms with Gasteiger partial charge < -0.3 is 4.90 Å². The second-order valence-corrected chi connectivity index (χ2v) is 9.72. The normalized spacial score (nSPS) is 29.2. The van der Waals surface area contributed by atoms with Gasteiger partial charge in [-0.3, -0.25) is 9.69 Å². The first-order chi connectivity index (χ1) is 13.2. The number of piperidine rings is 1. The lowest BCUT2D eigenvalue weighted by molar-refractivity contribution is 0.0480. The van der Waals surface area contributed by atoms with Gasteiger partial charge in [0.1, 0.15) is 11.8 Å². The molecule has 144 valence electrons. The third kappa shape index (κ3) is 3.19. The van der Waals surface area contributed by atoms with E-state index in [2.05, 4.69) is 16.7 Å². The largest absolute Gasteiger partial charge is 0.370 e. The van der Waals surface area contributed by atoms with E-state index in [1.165, 1.54) is 66.9 Å². The van der Waals surface area contributed by atoms with Crippen LogP contribution in [0.15, 0.2) is 12.1 Å². The van der Waals surface area contributed by atoms with Crippen LogP contribution in [0.2, 0.25) is 0 Å². The minimum absolute atomic E-state index is 0.604. The van der Waals surface area contributed by atoms with E-state index >= 15 is 0 Å². The molecule has 4 nitrogen and oxygen atoms in total. The number of anilines is 1. The minimum atomic E-state index is 0.604. The smallest absolute Gasteiger partial charge is 0.150 e. The maximum atomic E-state index is 11.4. The molecule has 0 bridgehead atoms. The predicted octanol–water partition coefficient (Wildman–Crippen LogP) is 4.83. The Hall–Kier alpha value is -1.46. The number of nitrogens with zero attached hydrogens (tertiary/aromatic N) is 3. The summed E-state index contributed by atoms with van der Waals surface area (Å²) in [7, 11) is 0. The lowest BCUT2D eigenvalue weighted by Gasteiger charge is -2.47. The highest BCUT2D eigenvalue weighted by Crippen LogP contribution is 2.45. The molecule has 1 aromatic carbocycles. The Morgan fingerprint density at radius 2 is 1.89 bits per heavy atom. The van der Waals surface area contributed by atoms with Gasteiger partial charge in [-0.25, -0.2) is 4.98 Å². The molecule has 2 aromatic rings. The molecule has 0 radical (unpaired) electrons. The number of rotatable bonds is 4. The zero-order valence-corrected chi connectivity index (χ0v) is 17.0. The van der Waals surface area contributed by atoms with Crippen LogP contribution in [0.4, 0.5) is 5.69 Å². The third-order valence-corrected chi connectivity index (χ3v) is 8.05. The van der Waals surface area contributed by atoms with Crippen LogP contribution >= 0.6 is 11.3 Å². The Kier molecular flexibility index (Phi) is 4.68. The molecule has 3 aliphatic rings. The first-order valence-corrected chi connectivity index (χ1v) is 11.4. The average molecular weight is 384 g/mol. The van der Waals surface area contributed by atoms with Crippen molar-refractivity contribution in [1.29, 1.82) is 0 Å². The summed E-state index contributed by atoms with van der Waals surface area (Å²) in [6.45, 7) is 5.85. The number of hydrogen-bond acceptors (Lipinski definition) is 5. The first-order valence-electron chi connectivity index (χ1n) is 10.6. The number of hydrogen-bond donors (Lipinski definition) is 0. The fourth-order valence-electron chi connectivity index (χ4n) is 5.21. The van der Waals surface area contributed by atoms with Gasteiger partial charge in [0.25, 0.3) is 0 Å². The van der Waals surface area contributed by atoms with Crippen molar-refractivity contribution in [1.82, 2.24) is 9.88 Å². The maximum Gasteiger partial charge on any atom is 0.150 e. The van der Waals surface area contributed by atoms with E-state index in [4.69, 9.17) is 4.98 Å². The standard InChI is InChI=1S/C22H29N3OS/c1-15-6-2-3-9-25(15)18-12-17(13-18)22-23-21-19(24-7-4-5-8-24)10-16(14-26)11-20(21)27-22/h10-11,14-15,17-18H,2-9,12-13H2,1H3/t15-,17-,18-/m0/s1. The van der Waals surface area contributed by atoms with Gasteiger partial charge in [-0.2, -0.15) is 0 Å². The van der Waals surface area contributed by atoms with Gasteiger partial charge in [0.15, 0.2) is 0 Å². The van der Waals surface area contributed by atoms with Crippen molar-refractivity contribution in [2.45, 2.75) is 69.9 Å². The topological polar surface area (TPSA) is 36.4 Å². The maximum absolute atomic E-state index is 11.4. The summed E-state index contributed by atoms with van der Waals surface area (Å²) in [6.07, 6.45) is 10.1. The highest BCUT2D eigenvalue weighted by Gasteiger charge is 2.38. The van der Waals surface area contributed by atoms with Crippen LogP contribution in [0.5, 0.6) is 0 Å². The molecule has 2 saturated heterocycles. The molecule has 1 aliphatic carbocycles. The molecule has 1 saturated carbocycles. The molecule has 3 heterocycles. The molecule has 27 heavy (non-hydrogen) atoms. The summed E-state index contributed by atoms with van der Waals surface area (Å²) in [6, 6.07) is 5.58. The molecule has 2 aliphatic heterocycles. The van der Waals surface area contributed by atoms with Gasteiger partial charge in [0, 0.05) is 36.7 Å². The molecule has 0 amide bonds. The van der Waals surface area contributed by atoms with Gasteiger partial charge in [-0.1, -0.05) is 6.42 Å². The quantitative estimate of drug-likeness (QED) is 0.709. The van der Waals surface area contributed by atoms with Crippen LogP contribution in [0.25, 0.3) is 10.2 Å². The molecule has 1 aromatic heterocycles. The van der Waals surface area contributed by atoms with E-state index in [0.29, 0.717) is 5.92 Å². The monoisotopic (exact) mass is 383 g/mol. The van der Waals surface area contributed by atoms with Crippen LogP contribution in [0, 0.1) is 0 Å². The number of thiazole rings is 1. The molecule has 0 N–H and O–H groups in total. The second kappa shape index (κ2) is 7.17. The molecule has 3 fully saturated rings. The molecule has 0 spiro atoms. The summed E-state index contributed by atoms with van der Waals surface area (Å²) in [5, 5.41) is 1.29. The lowest BCUT2D eigenvalue weighted by atomic mass is 9.78. The van der Waals surface area contributed by atoms with Crippen molar-refractivity contribution >= 4 is 33.5 Å². The van der Waals surface area contributed by atoms with Crippen LogP contribution in [-0.4, -0.2) is 47.9 Å². The molecule has 5 heteroatoms. The van der Waals surface area contributed by atoms with Crippen molar-refractivity contribution in [3.63, 3.8) is 0 Å². The van der Waals surface area contributed by atoms with E-state index in [0.717, 1.165) is 42.5 Å². The van der Waals surface area contributed by atoms with E-state index < -0.39 is 0 Å². The number of aldehydes is 1. The average Bonchev–Trinajstić information content (AvgIpc) is 3.30. The Labute approximate surface area is 165 Å². The summed E-state index contributed by atoms with van der Waals surface area (Å²) in [5.74, 6) is 0.604. The van der Waals surface area contributed by atoms with Crippen molar-refractivity contribution < 1.29 is 4.79 Å². The summed E-state index contributed by atoms with van der Waals surface area (Å²) < 4.78 is 1.19. The van der Waals surface area contributed by atoms with Gasteiger partial charge in [0.2, 0.25) is 0 Å². The molecule has 5 rings (SSSR count). The minimum Gasteiger partial charge on any atom is -0.370 e. The van der Waals surface area contributed by atoms with E-state index in [1.807, 2.05) is 23.5 Å². The molecular weight excluding hydrogens is 354 g/mol. The number of aromatic nitrogens is 1. The Balaban J connectivity index is 1.39. The number of carbonyl (C=O) groups excluding carboxylic acids is 1. The Morgan fingerprint density at radius 1 is 1.11 bits per heavy atom. The summed E-state index contributed by atoms with van der Waals surface area (Å²) in [4.78, 5) is 21.7. The number of likely N-dealkylation sites (tertiary alicyclic amines) is 1. The third-order valence-electron chi connectivity index (χ3n) is 6.88. The van der Waals surface area contributed by atoms with Gasteiger partial charge in [-0.05, 0) is 64.1 Å². The predicted molar refractivity (Wildman–Crippen MR) is 112 cm³/mol. The number of fused-ring (bicyclic) bond motifs is 1. The van der Waals surface area contributed by atoms with Crippen molar-refractivity contribution in [2.24, 2.45) is 0 Å². The van der Waals surface area contributed by atoms with Gasteiger partial charge in [-0.15, -0.1) is 11.3 Å². The lowest BCUT2D eigenvalue weighted by Crippen LogP contribution is -2.50. The second-order valence-electron chi connectivity index (χ2n) is 8.66. The Morgan fingerprint density at radius 3 is 2.63 bits per heavy atom. The van der Waals surface area contributed by atoms with Crippen molar-refractivity contribution in [3.8, 4) is 0 Å². The summed E-state index contributed by atoms with van der Waals surface area (Å²) >= 11 is 1.82. The highest BCUT2D eigenvalue weighted by molar-refractivity contribution is 7.18. The van der Waals surface area contributed by atoms with E-state index in [-0.39, 0.29) is 0 Å². The fraction of sp³-hybridized carbons (Fsp3) is 0.636. The highest BCUT2D eigenvalue weighted by atomic mass is 32.1. The number of carbonyl (C=O) groups is 1. The van der Waals surface area contributed by atoms with Crippen LogP contribution in [-0.2, 0) is 0 Å². The van der Waals surface area contributed by atoms with E-state index in [1.54, 1.807) is 0 Å². The van der Waals surface area contributed by atoms with Crippen LogP contribution < -0.4 is 4.90 Å².